The fourth-order valence-electron chi connectivity index (χ4n) is 2.86. The summed E-state index contributed by atoms with van der Waals surface area (Å²) in [6.45, 7) is -0.348. The summed E-state index contributed by atoms with van der Waals surface area (Å²) in [5, 5.41) is 21.6. The second kappa shape index (κ2) is 7.67. The Morgan fingerprint density at radius 2 is 2.12 bits per heavy atom. The van der Waals surface area contributed by atoms with Crippen molar-refractivity contribution in [1.82, 2.24) is 10.2 Å². The number of hydrogen-bond acceptors (Lipinski definition) is 6. The molecule has 1 aromatic rings. The lowest BCUT2D eigenvalue weighted by Gasteiger charge is -2.38. The molecule has 0 bridgehead atoms. The summed E-state index contributed by atoms with van der Waals surface area (Å²) in [4.78, 5) is 26.8. The predicted octanol–water partition coefficient (Wildman–Crippen LogP) is 0.899. The molecule has 1 aromatic carbocycles. The van der Waals surface area contributed by atoms with E-state index in [4.69, 9.17) is 10.5 Å². The average molecular weight is 585 g/mol. The van der Waals surface area contributed by atoms with Crippen molar-refractivity contribution in [3.05, 3.63) is 43.2 Å². The van der Waals surface area contributed by atoms with Gasteiger partial charge in [-0.05, 0) is 51.2 Å². The highest BCUT2D eigenvalue weighted by Gasteiger charge is 2.47. The molecule has 8 nitrogen and oxygen atoms in total. The Morgan fingerprint density at radius 1 is 1.42 bits per heavy atom. The van der Waals surface area contributed by atoms with Crippen molar-refractivity contribution in [1.29, 1.82) is 0 Å². The summed E-state index contributed by atoms with van der Waals surface area (Å²) in [7, 11) is 0. The van der Waals surface area contributed by atoms with Crippen molar-refractivity contribution in [2.24, 2.45) is 5.73 Å². The molecule has 1 fully saturated rings. The van der Waals surface area contributed by atoms with Gasteiger partial charge < -0.3 is 20.3 Å². The number of Topliss-reactive ketones (excluding diaryl/α,β-unsaturated/α-hetero) is 1. The molecule has 3 rings (SSSR count). The van der Waals surface area contributed by atoms with Gasteiger partial charge in [-0.1, -0.05) is 18.2 Å². The van der Waals surface area contributed by atoms with Crippen molar-refractivity contribution in [3.8, 4) is 0 Å². The number of amides is 2. The summed E-state index contributed by atoms with van der Waals surface area (Å²) in [5.41, 5.74) is 5.00. The van der Waals surface area contributed by atoms with E-state index < -0.39 is 35.9 Å². The molecular formula is C16H17I2N3O5. The molecule has 0 radical (unpaired) electrons. The first-order valence-corrected chi connectivity index (χ1v) is 9.94. The minimum Gasteiger partial charge on any atom is -0.394 e. The number of nitrogens with one attached hydrogen (secondary N) is 1. The largest absolute Gasteiger partial charge is 0.394 e. The molecule has 4 atom stereocenters. The number of hydrogen-bond donors (Lipinski definition) is 4. The molecule has 2 amide bonds. The minimum atomic E-state index is -1.68. The quantitative estimate of drug-likeness (QED) is 0.308. The second-order valence-electron chi connectivity index (χ2n) is 6.05. The van der Waals surface area contributed by atoms with Crippen molar-refractivity contribution in [2.75, 3.05) is 6.61 Å². The molecule has 0 aliphatic carbocycles. The smallest absolute Gasteiger partial charge is 0.325 e. The maximum Gasteiger partial charge on any atom is 0.325 e. The molecule has 5 N–H and O–H groups in total. The lowest BCUT2D eigenvalue weighted by molar-refractivity contribution is -0.0547. The number of benzene rings is 1. The number of nitrogens with two attached hydrogens (primary N) is 1. The molecule has 26 heavy (non-hydrogen) atoms. The maximum atomic E-state index is 13.0. The van der Waals surface area contributed by atoms with Gasteiger partial charge in [0.2, 0.25) is 5.78 Å². The number of ketones is 1. The van der Waals surface area contributed by atoms with E-state index in [-0.39, 0.29) is 13.0 Å². The molecule has 1 saturated heterocycles. The zero-order valence-electron chi connectivity index (χ0n) is 13.4. The van der Waals surface area contributed by atoms with Gasteiger partial charge in [0.25, 0.3) is 0 Å². The predicted molar refractivity (Wildman–Crippen MR) is 109 cm³/mol. The summed E-state index contributed by atoms with van der Waals surface area (Å²) in [6, 6.07) is 6.37. The fourth-order valence-corrected chi connectivity index (χ4v) is 4.17. The SMILES string of the molecule is NC1(C(=O)c2ccccc2I)NC(=O)N([C@H]2C[C@H](O)[C@@H](CO)O2)C=C1I. The Balaban J connectivity index is 1.88. The lowest BCUT2D eigenvalue weighted by atomic mass is 9.97. The third-order valence-electron chi connectivity index (χ3n) is 4.34. The lowest BCUT2D eigenvalue weighted by Crippen LogP contribution is -2.67. The highest BCUT2D eigenvalue weighted by Crippen LogP contribution is 2.32. The zero-order chi connectivity index (χ0) is 19.1. The first-order valence-electron chi connectivity index (χ1n) is 7.78. The summed E-state index contributed by atoms with van der Waals surface area (Å²) >= 11 is 3.95. The normalized spacial score (nSPS) is 31.6. The van der Waals surface area contributed by atoms with Crippen molar-refractivity contribution in [2.45, 2.75) is 30.5 Å². The Morgan fingerprint density at radius 3 is 2.73 bits per heavy atom. The monoisotopic (exact) mass is 585 g/mol. The van der Waals surface area contributed by atoms with Gasteiger partial charge in [0, 0.05) is 21.8 Å². The van der Waals surface area contributed by atoms with Gasteiger partial charge in [-0.3, -0.25) is 15.4 Å². The van der Waals surface area contributed by atoms with Crippen LogP contribution in [0.4, 0.5) is 4.79 Å². The number of rotatable bonds is 4. The topological polar surface area (TPSA) is 125 Å². The van der Waals surface area contributed by atoms with Gasteiger partial charge >= 0.3 is 6.03 Å². The van der Waals surface area contributed by atoms with Crippen molar-refractivity contribution >= 4 is 57.0 Å². The molecule has 2 heterocycles. The highest BCUT2D eigenvalue weighted by atomic mass is 127. The molecule has 140 valence electrons. The van der Waals surface area contributed by atoms with Crippen LogP contribution < -0.4 is 11.1 Å². The van der Waals surface area contributed by atoms with Gasteiger partial charge in [-0.15, -0.1) is 0 Å². The van der Waals surface area contributed by atoms with Gasteiger partial charge in [0.1, 0.15) is 12.3 Å². The first-order chi connectivity index (χ1) is 12.3. The van der Waals surface area contributed by atoms with Crippen LogP contribution in [-0.2, 0) is 4.74 Å². The van der Waals surface area contributed by atoms with Crippen LogP contribution in [0.15, 0.2) is 34.0 Å². The summed E-state index contributed by atoms with van der Waals surface area (Å²) < 4.78 is 6.64. The van der Waals surface area contributed by atoms with E-state index in [1.165, 1.54) is 11.1 Å². The number of nitrogens with zero attached hydrogens (tertiary/aromatic N) is 1. The molecular weight excluding hydrogens is 568 g/mol. The number of aliphatic hydroxyl groups excluding tert-OH is 2. The standard InChI is InChI=1S/C16H17I2N3O5/c17-9-4-2-1-3-8(9)14(24)16(19)12(18)6-21(15(25)20-16)13-5-10(23)11(7-22)26-13/h1-4,6,10-11,13,22-23H,5,7,19H2,(H,20,25)/t10-,11+,13+,16?/m0/s1. The molecule has 0 aromatic heterocycles. The van der Waals surface area contributed by atoms with E-state index in [0.717, 1.165) is 3.57 Å². The summed E-state index contributed by atoms with van der Waals surface area (Å²) in [6.07, 6.45) is -0.772. The number of carbonyl (C=O) groups excluding carboxylic acids is 2. The van der Waals surface area contributed by atoms with Crippen LogP contribution in [0.2, 0.25) is 0 Å². The van der Waals surface area contributed by atoms with Crippen molar-refractivity contribution < 1.29 is 24.5 Å². The highest BCUT2D eigenvalue weighted by molar-refractivity contribution is 14.1. The van der Waals surface area contributed by atoms with Crippen LogP contribution in [0.5, 0.6) is 0 Å². The van der Waals surface area contributed by atoms with E-state index >= 15 is 0 Å². The van der Waals surface area contributed by atoms with Gasteiger partial charge in [0.05, 0.1) is 16.3 Å². The number of halogens is 2. The van der Waals surface area contributed by atoms with E-state index in [0.29, 0.717) is 9.14 Å². The average Bonchev–Trinajstić information content (AvgIpc) is 2.98. The second-order valence-corrected chi connectivity index (χ2v) is 8.37. The van der Waals surface area contributed by atoms with Crippen LogP contribution in [0.3, 0.4) is 0 Å². The van der Waals surface area contributed by atoms with Crippen LogP contribution in [-0.4, -0.2) is 57.6 Å². The molecule has 2 aliphatic rings. The van der Waals surface area contributed by atoms with E-state index in [1.54, 1.807) is 18.2 Å². The van der Waals surface area contributed by atoms with Crippen LogP contribution in [0.1, 0.15) is 16.8 Å². The van der Waals surface area contributed by atoms with E-state index in [9.17, 15) is 19.8 Å². The van der Waals surface area contributed by atoms with Crippen molar-refractivity contribution in [3.63, 3.8) is 0 Å². The maximum absolute atomic E-state index is 13.0. The van der Waals surface area contributed by atoms with E-state index in [2.05, 4.69) is 5.32 Å². The Labute approximate surface area is 177 Å². The fraction of sp³-hybridized carbons (Fsp3) is 0.375. The van der Waals surface area contributed by atoms with Gasteiger partial charge in [-0.2, -0.15) is 0 Å². The molecule has 0 saturated carbocycles. The third kappa shape index (κ3) is 3.49. The van der Waals surface area contributed by atoms with Crippen LogP contribution in [0.25, 0.3) is 0 Å². The number of urea groups is 1. The third-order valence-corrected chi connectivity index (χ3v) is 6.41. The Bertz CT molecular complexity index is 774. The Kier molecular flexibility index (Phi) is 5.89. The van der Waals surface area contributed by atoms with Gasteiger partial charge in [-0.25, -0.2) is 4.79 Å². The minimum absolute atomic E-state index is 0.154. The molecule has 1 unspecified atom stereocenters. The number of ether oxygens (including phenoxy) is 1. The summed E-state index contributed by atoms with van der Waals surface area (Å²) in [5.74, 6) is -0.420. The van der Waals surface area contributed by atoms with E-state index in [1.807, 2.05) is 51.2 Å². The number of aliphatic hydroxyl groups is 2. The van der Waals surface area contributed by atoms with Gasteiger partial charge in [0.15, 0.2) is 5.66 Å². The molecule has 10 heteroatoms. The first kappa shape index (κ1) is 19.9. The molecule has 0 spiro atoms. The zero-order valence-corrected chi connectivity index (χ0v) is 17.7. The van der Waals surface area contributed by atoms with Crippen LogP contribution >= 0.6 is 45.2 Å². The molecule has 2 aliphatic heterocycles. The Hall–Kier alpha value is -0.800. The van der Waals surface area contributed by atoms with Crippen LogP contribution in [0, 0.1) is 3.57 Å². The number of carbonyl (C=O) groups is 2.